The van der Waals surface area contributed by atoms with E-state index in [1.54, 1.807) is 39.8 Å². The number of hydrogen-bond acceptors (Lipinski definition) is 20. The molecule has 7 rings (SSSR count). The predicted octanol–water partition coefficient (Wildman–Crippen LogP) is 25.5. The SMILES string of the molecule is CCCCC(CC)CN(CCCCCCCCCCCCOc1cc(/C=C/C2=C(C#N)C(=C(C#N)C#N)OC2(C)C)c(OCCCCCCCCCCCCN(CC(CC)CCCC)c2ccc(/C=C/C3=C(C#N)C(=C(C#N)C#N)OC3(C)C)cc2)cc1/C=C/C1=C(C#N)C(=C(C#N)C#N)OC1(C)C)c1ccc(/C=C/C2=C(C#N)C(=C(C#N)C#N)OC2(C)C)cc1. The molecule has 0 aromatic heterocycles. The van der Waals surface area contributed by atoms with Gasteiger partial charge >= 0.3 is 0 Å². The molecule has 0 N–H and O–H groups in total. The van der Waals surface area contributed by atoms with Crippen molar-refractivity contribution < 1.29 is 28.4 Å². The van der Waals surface area contributed by atoms with Gasteiger partial charge in [-0.15, -0.1) is 0 Å². The Balaban J connectivity index is 0.970. The third-order valence-electron chi connectivity index (χ3n) is 23.9. The fraction of sp³-hybridized carbons (Fsp3) is 0.491. The standard InChI is InChI=1S/C106H124N14O6/c1-13-17-39-77(15-3)75-119(87-49-41-79(42-50-87)45-53-93-89(71-115)99(83(63-107)64-108)123-103(93,5)6)57-35-31-27-23-19-21-25-29-33-37-59-121-97-61-82(48-56-96-92(74-118)102(86(69-113)70-114)126-106(96,11)12)98(62-81(97)47-55-95-91(73-117)101(85(67-111)68-112)125-105(95,9)10)122-60-38-34-30-26-22-20-24-28-32-36-58-120(76-78(16-4)40-18-14-2)88-51-43-80(44-52-88)46-54-94-90(72-116)100(84(65-109)66-110)124-104(94,7)8/h41-56,61-62,77-78H,13-40,57-60,75-76H2,1-12H3/b53-45+,54-46+,55-47+,56-48+. The molecule has 2 unspecified atom stereocenters. The van der Waals surface area contributed by atoms with E-state index in [0.717, 1.165) is 166 Å². The van der Waals surface area contributed by atoms with Crippen LogP contribution in [0.15, 0.2) is 175 Å². The molecule has 2 atom stereocenters. The second-order valence-corrected chi connectivity index (χ2v) is 34.7. The highest BCUT2D eigenvalue weighted by atomic mass is 16.5. The molecule has 20 nitrogen and oxygen atoms in total. The predicted molar refractivity (Wildman–Crippen MR) is 494 cm³/mol. The molecule has 0 bridgehead atoms. The molecule has 0 amide bonds. The number of allylic oxidation sites excluding steroid dienone is 8. The summed E-state index contributed by atoms with van der Waals surface area (Å²) in [6.07, 6.45) is 45.7. The van der Waals surface area contributed by atoms with Crippen LogP contribution in [0.1, 0.15) is 285 Å². The Morgan fingerprint density at radius 3 is 0.810 bits per heavy atom. The van der Waals surface area contributed by atoms with E-state index in [1.807, 2.05) is 125 Å². The van der Waals surface area contributed by atoms with Crippen LogP contribution in [0.3, 0.4) is 0 Å². The summed E-state index contributed by atoms with van der Waals surface area (Å²) < 4.78 is 37.8. The van der Waals surface area contributed by atoms with Gasteiger partial charge in [0.2, 0.25) is 0 Å². The number of unbranched alkanes of at least 4 members (excludes halogenated alkanes) is 20. The zero-order chi connectivity index (χ0) is 91.7. The Morgan fingerprint density at radius 2 is 0.571 bits per heavy atom. The number of anilines is 2. The van der Waals surface area contributed by atoms with E-state index < -0.39 is 22.4 Å². The highest BCUT2D eigenvalue weighted by Gasteiger charge is 2.43. The second kappa shape index (κ2) is 50.6. The third-order valence-corrected chi connectivity index (χ3v) is 23.9. The molecule has 0 fully saturated rings. The van der Waals surface area contributed by atoms with Gasteiger partial charge in [0.25, 0.3) is 0 Å². The van der Waals surface area contributed by atoms with Gasteiger partial charge in [-0.05, 0) is 153 Å². The average molecular weight is 1690 g/mol. The van der Waals surface area contributed by atoms with Gasteiger partial charge in [0, 0.05) is 71.0 Å². The first-order valence-electron chi connectivity index (χ1n) is 45.2. The van der Waals surface area contributed by atoms with Crippen molar-refractivity contribution in [3.05, 3.63) is 197 Å². The fourth-order valence-electron chi connectivity index (χ4n) is 16.4. The molecule has 4 heterocycles. The second-order valence-electron chi connectivity index (χ2n) is 34.7. The summed E-state index contributed by atoms with van der Waals surface area (Å²) in [4.78, 5) is 5.10. The molecule has 0 aliphatic carbocycles. The molecule has 0 saturated heterocycles. The Hall–Kier alpha value is -13.2. The van der Waals surface area contributed by atoms with Crippen molar-refractivity contribution in [3.8, 4) is 84.3 Å². The van der Waals surface area contributed by atoms with Crippen LogP contribution in [0, 0.1) is 148 Å². The fourth-order valence-corrected chi connectivity index (χ4v) is 16.4. The first-order valence-corrected chi connectivity index (χ1v) is 45.2. The quantitative estimate of drug-likeness (QED) is 0.0374. The summed E-state index contributed by atoms with van der Waals surface area (Å²) in [6.45, 7) is 28.2. The summed E-state index contributed by atoms with van der Waals surface area (Å²) in [6, 6.07) is 44.6. The summed E-state index contributed by atoms with van der Waals surface area (Å²) in [5.41, 5.74) is 3.32. The van der Waals surface area contributed by atoms with Crippen LogP contribution < -0.4 is 19.3 Å². The van der Waals surface area contributed by atoms with Crippen LogP contribution in [0.5, 0.6) is 11.5 Å². The van der Waals surface area contributed by atoms with E-state index in [2.05, 4.69) is 110 Å². The van der Waals surface area contributed by atoms with Gasteiger partial charge < -0.3 is 38.2 Å². The number of benzene rings is 3. The van der Waals surface area contributed by atoms with Gasteiger partial charge in [-0.1, -0.05) is 242 Å². The Morgan fingerprint density at radius 1 is 0.325 bits per heavy atom. The minimum Gasteiger partial charge on any atom is -0.493 e. The number of ether oxygens (including phenoxy) is 6. The molecule has 3 aromatic rings. The van der Waals surface area contributed by atoms with Crippen molar-refractivity contribution in [1.29, 1.82) is 63.1 Å². The van der Waals surface area contributed by atoms with Gasteiger partial charge in [0.15, 0.2) is 45.3 Å². The van der Waals surface area contributed by atoms with Crippen LogP contribution >= 0.6 is 0 Å². The molecule has 4 aliphatic heterocycles. The van der Waals surface area contributed by atoms with Crippen LogP contribution in [0.2, 0.25) is 0 Å². The number of nitriles is 12. The van der Waals surface area contributed by atoms with Crippen molar-refractivity contribution in [3.63, 3.8) is 0 Å². The first-order chi connectivity index (χ1) is 60.8. The summed E-state index contributed by atoms with van der Waals surface area (Å²) in [7, 11) is 0. The maximum Gasteiger partial charge on any atom is 0.172 e. The lowest BCUT2D eigenvalue weighted by atomic mass is 9.93. The van der Waals surface area contributed by atoms with Gasteiger partial charge in [0.1, 0.15) is 129 Å². The molecular weight excluding hydrogens is 1570 g/mol. The van der Waals surface area contributed by atoms with E-state index >= 15 is 0 Å². The van der Waals surface area contributed by atoms with E-state index in [9.17, 15) is 63.1 Å². The van der Waals surface area contributed by atoms with Crippen molar-refractivity contribution >= 4 is 35.7 Å². The normalized spacial score (nSPS) is 15.6. The first kappa shape index (κ1) is 99.9. The van der Waals surface area contributed by atoms with E-state index in [4.69, 9.17) is 28.4 Å². The van der Waals surface area contributed by atoms with Crippen molar-refractivity contribution in [2.75, 3.05) is 49.2 Å². The lowest BCUT2D eigenvalue weighted by molar-refractivity contribution is 0.0951. The van der Waals surface area contributed by atoms with Crippen LogP contribution in [0.25, 0.3) is 24.3 Å². The molecule has 4 aliphatic rings. The van der Waals surface area contributed by atoms with Crippen molar-refractivity contribution in [2.45, 2.75) is 285 Å². The minimum atomic E-state index is -1.08. The van der Waals surface area contributed by atoms with E-state index in [0.29, 0.717) is 70.0 Å². The lowest BCUT2D eigenvalue weighted by Gasteiger charge is -2.29. The highest BCUT2D eigenvalue weighted by Crippen LogP contribution is 2.46. The maximum atomic E-state index is 10.5. The Bertz CT molecular complexity index is 4880. The molecule has 654 valence electrons. The topological polar surface area (TPSA) is 347 Å². The van der Waals surface area contributed by atoms with Gasteiger partial charge in [-0.2, -0.15) is 63.1 Å². The van der Waals surface area contributed by atoms with Crippen molar-refractivity contribution in [1.82, 2.24) is 0 Å². The van der Waals surface area contributed by atoms with Gasteiger partial charge in [-0.25, -0.2) is 0 Å². The Kier molecular flexibility index (Phi) is 40.1. The van der Waals surface area contributed by atoms with Crippen LogP contribution in [-0.4, -0.2) is 61.8 Å². The minimum absolute atomic E-state index is 0.0259. The summed E-state index contributed by atoms with van der Waals surface area (Å²) in [5.74, 6) is 2.14. The van der Waals surface area contributed by atoms with Crippen LogP contribution in [0.4, 0.5) is 11.4 Å². The Labute approximate surface area is 750 Å². The smallest absolute Gasteiger partial charge is 0.172 e. The lowest BCUT2D eigenvalue weighted by Crippen LogP contribution is -2.30. The molecule has 3 aromatic carbocycles. The van der Waals surface area contributed by atoms with E-state index in [-0.39, 0.29) is 67.6 Å². The molecule has 20 heteroatoms. The van der Waals surface area contributed by atoms with E-state index in [1.165, 1.54) is 62.7 Å². The van der Waals surface area contributed by atoms with Crippen LogP contribution in [-0.2, 0) is 18.9 Å². The molecule has 126 heavy (non-hydrogen) atoms. The zero-order valence-electron chi connectivity index (χ0n) is 76.3. The molecule has 0 spiro atoms. The van der Waals surface area contributed by atoms with Gasteiger partial charge in [0.05, 0.1) is 13.2 Å². The van der Waals surface area contributed by atoms with Gasteiger partial charge in [-0.3, -0.25) is 0 Å². The zero-order valence-corrected chi connectivity index (χ0v) is 76.3. The number of rotatable bonds is 50. The highest BCUT2D eigenvalue weighted by molar-refractivity contribution is 5.74. The molecule has 0 radical (unpaired) electrons. The maximum absolute atomic E-state index is 10.5. The number of hydrogen-bond donors (Lipinski definition) is 0. The number of nitrogens with zero attached hydrogens (tertiary/aromatic N) is 14. The summed E-state index contributed by atoms with van der Waals surface area (Å²) >= 11 is 0. The summed E-state index contributed by atoms with van der Waals surface area (Å²) in [5, 5.41) is 119. The van der Waals surface area contributed by atoms with Crippen molar-refractivity contribution in [2.24, 2.45) is 11.8 Å². The molecular formula is C106H124N14O6. The third kappa shape index (κ3) is 27.9. The average Bonchev–Trinajstić information content (AvgIpc) is 1.64. The monoisotopic (exact) mass is 1690 g/mol. The largest absolute Gasteiger partial charge is 0.493 e. The molecule has 0 saturated carbocycles.